The molecule has 1 aromatic heterocycles. The molecule has 2 saturated heterocycles. The van der Waals surface area contributed by atoms with Crippen molar-refractivity contribution in [3.05, 3.63) is 46.7 Å². The Morgan fingerprint density at radius 1 is 1.12 bits per heavy atom. The van der Waals surface area contributed by atoms with Crippen molar-refractivity contribution in [3.63, 3.8) is 0 Å². The quantitative estimate of drug-likeness (QED) is 0.462. The van der Waals surface area contributed by atoms with Crippen molar-refractivity contribution in [3.8, 4) is 11.8 Å². The van der Waals surface area contributed by atoms with E-state index in [2.05, 4.69) is 72.7 Å². The summed E-state index contributed by atoms with van der Waals surface area (Å²) in [5.74, 6) is 2.62. The van der Waals surface area contributed by atoms with E-state index in [1.54, 1.807) is 30.6 Å². The molecule has 1 saturated carbocycles. The van der Waals surface area contributed by atoms with E-state index in [1.165, 1.54) is 0 Å². The molecule has 5 rings (SSSR count). The average molecular weight is 609 g/mol. The summed E-state index contributed by atoms with van der Waals surface area (Å²) in [5, 5.41) is 22.6. The van der Waals surface area contributed by atoms with Gasteiger partial charge in [-0.1, -0.05) is 53.1 Å². The molecule has 232 valence electrons. The second-order valence-corrected chi connectivity index (χ2v) is 14.5. The van der Waals surface area contributed by atoms with Crippen LogP contribution in [0.2, 0.25) is 5.02 Å². The first-order chi connectivity index (χ1) is 20.3. The Bertz CT molecular complexity index is 1320. The number of hydrogen-bond donors (Lipinski definition) is 2. The Kier molecular flexibility index (Phi) is 8.95. The van der Waals surface area contributed by atoms with E-state index in [0.29, 0.717) is 45.6 Å². The second-order valence-electron chi connectivity index (χ2n) is 14.1. The van der Waals surface area contributed by atoms with Gasteiger partial charge in [-0.2, -0.15) is 5.26 Å². The fourth-order valence-corrected chi connectivity index (χ4v) is 8.15. The fourth-order valence-electron chi connectivity index (χ4n) is 7.94. The molecule has 43 heavy (non-hydrogen) atoms. The van der Waals surface area contributed by atoms with E-state index in [9.17, 15) is 9.90 Å². The zero-order chi connectivity index (χ0) is 31.1. The lowest BCUT2D eigenvalue weighted by Crippen LogP contribution is -2.74. The summed E-state index contributed by atoms with van der Waals surface area (Å²) in [6.45, 7) is 17.7. The van der Waals surface area contributed by atoms with Crippen LogP contribution in [0.5, 0.6) is 5.75 Å². The molecule has 1 aromatic carbocycles. The molecule has 2 N–H and O–H groups in total. The molecule has 0 radical (unpaired) electrons. The Hall–Kier alpha value is -2.93. The van der Waals surface area contributed by atoms with Crippen molar-refractivity contribution in [2.24, 2.45) is 28.6 Å². The first-order valence-corrected chi connectivity index (χ1v) is 15.8. The standard InChI is InChI=1S/C33H45ClN6O3/c1-20-17-40(18-21(2)26(20)19-39-11-9-24(41)10-12-39)31-36-15-23(16-37-31)28(42)38-29-32(3,4)30(33(29,5)6)43-25-8-7-22(14-35)27(34)13-25/h7-8,13,15-16,20-21,24,26,29-30,41H,9-12,17-19H2,1-6H3,(H,38,42). The number of rotatable bonds is 7. The third kappa shape index (κ3) is 6.33. The SMILES string of the molecule is CC1CN(c2ncc(C(=O)NC3C(C)(C)C(Oc4ccc(C#N)c(Cl)c4)C3(C)C)cn2)CC(C)C1CN1CCC(O)CC1. The molecule has 2 aromatic rings. The lowest BCUT2D eigenvalue weighted by molar-refractivity contribution is -0.164. The summed E-state index contributed by atoms with van der Waals surface area (Å²) in [7, 11) is 0. The number of anilines is 1. The molecule has 1 amide bonds. The normalized spacial score (nSPS) is 28.9. The molecule has 10 heteroatoms. The number of amides is 1. The summed E-state index contributed by atoms with van der Waals surface area (Å²) in [4.78, 5) is 27.3. The highest BCUT2D eigenvalue weighted by Crippen LogP contribution is 2.55. The topological polar surface area (TPSA) is 115 Å². The van der Waals surface area contributed by atoms with Crippen LogP contribution in [0.3, 0.4) is 0 Å². The number of carbonyl (C=O) groups is 1. The van der Waals surface area contributed by atoms with E-state index in [4.69, 9.17) is 21.6 Å². The van der Waals surface area contributed by atoms with Crippen molar-refractivity contribution in [2.45, 2.75) is 72.6 Å². The van der Waals surface area contributed by atoms with Crippen LogP contribution in [-0.2, 0) is 0 Å². The van der Waals surface area contributed by atoms with E-state index in [0.717, 1.165) is 45.6 Å². The van der Waals surface area contributed by atoms with Crippen molar-refractivity contribution in [2.75, 3.05) is 37.6 Å². The molecule has 3 fully saturated rings. The monoisotopic (exact) mass is 608 g/mol. The van der Waals surface area contributed by atoms with Gasteiger partial charge in [0.2, 0.25) is 5.95 Å². The van der Waals surface area contributed by atoms with Gasteiger partial charge in [0.25, 0.3) is 5.91 Å². The minimum Gasteiger partial charge on any atom is -0.489 e. The molecular weight excluding hydrogens is 564 g/mol. The minimum absolute atomic E-state index is 0.144. The Balaban J connectivity index is 1.18. The molecule has 0 spiro atoms. The molecule has 0 bridgehead atoms. The molecule has 9 nitrogen and oxygen atoms in total. The van der Waals surface area contributed by atoms with Gasteiger partial charge in [0.15, 0.2) is 0 Å². The summed E-state index contributed by atoms with van der Waals surface area (Å²) in [6.07, 6.45) is 4.67. The van der Waals surface area contributed by atoms with Crippen LogP contribution in [0.1, 0.15) is 70.3 Å². The fraction of sp³-hybridized carbons (Fsp3) is 0.636. The van der Waals surface area contributed by atoms with E-state index < -0.39 is 0 Å². The molecule has 3 aliphatic rings. The van der Waals surface area contributed by atoms with Crippen LogP contribution in [0.15, 0.2) is 30.6 Å². The average Bonchev–Trinajstić information content (AvgIpc) is 2.97. The molecule has 3 heterocycles. The molecule has 2 aliphatic heterocycles. The summed E-state index contributed by atoms with van der Waals surface area (Å²) < 4.78 is 6.35. The Morgan fingerprint density at radius 3 is 2.28 bits per heavy atom. The zero-order valence-electron chi connectivity index (χ0n) is 26.2. The predicted octanol–water partition coefficient (Wildman–Crippen LogP) is 4.78. The van der Waals surface area contributed by atoms with E-state index >= 15 is 0 Å². The van der Waals surface area contributed by atoms with Gasteiger partial charge < -0.3 is 25.0 Å². The number of hydrogen-bond acceptors (Lipinski definition) is 8. The van der Waals surface area contributed by atoms with Crippen LogP contribution in [0.4, 0.5) is 5.95 Å². The first kappa shape index (κ1) is 31.5. The number of carbonyl (C=O) groups excluding carboxylic acids is 1. The van der Waals surface area contributed by atoms with Crippen LogP contribution in [0, 0.1) is 39.9 Å². The third-order valence-electron chi connectivity index (χ3n) is 10.1. The van der Waals surface area contributed by atoms with Crippen LogP contribution >= 0.6 is 11.6 Å². The van der Waals surface area contributed by atoms with Crippen molar-refractivity contribution in [1.82, 2.24) is 20.2 Å². The summed E-state index contributed by atoms with van der Waals surface area (Å²) in [6, 6.07) is 7.01. The van der Waals surface area contributed by atoms with Crippen LogP contribution in [-0.4, -0.2) is 76.9 Å². The van der Waals surface area contributed by atoms with Gasteiger partial charge in [0, 0.05) is 68.1 Å². The highest BCUT2D eigenvalue weighted by Gasteiger charge is 2.64. The lowest BCUT2D eigenvalue weighted by Gasteiger charge is -2.63. The smallest absolute Gasteiger partial charge is 0.254 e. The maximum Gasteiger partial charge on any atom is 0.254 e. The van der Waals surface area contributed by atoms with E-state index in [-0.39, 0.29) is 35.0 Å². The van der Waals surface area contributed by atoms with Gasteiger partial charge in [-0.25, -0.2) is 9.97 Å². The first-order valence-electron chi connectivity index (χ1n) is 15.5. The van der Waals surface area contributed by atoms with E-state index in [1.807, 2.05) is 0 Å². The third-order valence-corrected chi connectivity index (χ3v) is 10.4. The lowest BCUT2D eigenvalue weighted by atomic mass is 9.49. The Morgan fingerprint density at radius 2 is 1.72 bits per heavy atom. The van der Waals surface area contributed by atoms with Gasteiger partial charge in [-0.05, 0) is 42.7 Å². The summed E-state index contributed by atoms with van der Waals surface area (Å²) in [5.41, 5.74) is 0.126. The Labute approximate surface area is 260 Å². The van der Waals surface area contributed by atoms with Gasteiger partial charge in [-0.15, -0.1) is 0 Å². The van der Waals surface area contributed by atoms with Crippen molar-refractivity contribution in [1.29, 1.82) is 5.26 Å². The molecule has 2 unspecified atom stereocenters. The number of ether oxygens (including phenoxy) is 1. The number of nitriles is 1. The number of benzene rings is 1. The maximum atomic E-state index is 13.3. The van der Waals surface area contributed by atoms with Gasteiger partial charge >= 0.3 is 0 Å². The number of halogens is 1. The summed E-state index contributed by atoms with van der Waals surface area (Å²) >= 11 is 6.22. The number of aliphatic hydroxyl groups excluding tert-OH is 1. The minimum atomic E-state index is -0.356. The van der Waals surface area contributed by atoms with Gasteiger partial charge in [0.1, 0.15) is 17.9 Å². The molecule has 1 aliphatic carbocycles. The van der Waals surface area contributed by atoms with Crippen molar-refractivity contribution < 1.29 is 14.6 Å². The van der Waals surface area contributed by atoms with Crippen LogP contribution in [0.25, 0.3) is 0 Å². The predicted molar refractivity (Wildman–Crippen MR) is 167 cm³/mol. The van der Waals surface area contributed by atoms with Gasteiger partial charge in [0.05, 0.1) is 22.3 Å². The van der Waals surface area contributed by atoms with Gasteiger partial charge in [-0.3, -0.25) is 4.79 Å². The highest BCUT2D eigenvalue weighted by atomic mass is 35.5. The number of piperidine rings is 2. The highest BCUT2D eigenvalue weighted by molar-refractivity contribution is 6.31. The number of aromatic nitrogens is 2. The number of aliphatic hydroxyl groups is 1. The van der Waals surface area contributed by atoms with Crippen molar-refractivity contribution >= 4 is 23.5 Å². The zero-order valence-corrected chi connectivity index (χ0v) is 26.9. The molecule has 2 atom stereocenters. The van der Waals surface area contributed by atoms with Crippen LogP contribution < -0.4 is 15.0 Å². The second kappa shape index (κ2) is 12.2. The molecular formula is C33H45ClN6O3. The maximum absolute atomic E-state index is 13.3. The number of likely N-dealkylation sites (tertiary alicyclic amines) is 1. The number of nitrogens with one attached hydrogen (secondary N) is 1. The number of nitrogens with zero attached hydrogens (tertiary/aromatic N) is 5. The largest absolute Gasteiger partial charge is 0.489 e.